The van der Waals surface area contributed by atoms with Crippen LogP contribution in [0.5, 0.6) is 5.75 Å². The van der Waals surface area contributed by atoms with Crippen LogP contribution in [-0.4, -0.2) is 19.8 Å². The third kappa shape index (κ3) is 1.67. The van der Waals surface area contributed by atoms with Crippen LogP contribution in [0.3, 0.4) is 0 Å². The van der Waals surface area contributed by atoms with Gasteiger partial charge in [-0.1, -0.05) is 12.1 Å². The summed E-state index contributed by atoms with van der Waals surface area (Å²) in [6, 6.07) is 6.09. The predicted octanol–water partition coefficient (Wildman–Crippen LogP) is 0.994. The minimum absolute atomic E-state index is 0.000556. The van der Waals surface area contributed by atoms with Crippen molar-refractivity contribution in [1.29, 1.82) is 0 Å². The van der Waals surface area contributed by atoms with Crippen LogP contribution in [0, 0.1) is 10.1 Å². The number of nitrogens with zero attached hydrogens (tertiary/aromatic N) is 2. The SMILES string of the molecule is Cn1[nH]c(-c2ccccc2O)c([N+](=O)[O-])c1=O. The van der Waals surface area contributed by atoms with Crippen molar-refractivity contribution in [3.63, 3.8) is 0 Å². The van der Waals surface area contributed by atoms with Crippen molar-refractivity contribution in [1.82, 2.24) is 9.78 Å². The first-order valence-electron chi connectivity index (χ1n) is 4.74. The minimum Gasteiger partial charge on any atom is -0.507 e. The first-order valence-corrected chi connectivity index (χ1v) is 4.74. The summed E-state index contributed by atoms with van der Waals surface area (Å²) in [4.78, 5) is 21.6. The van der Waals surface area contributed by atoms with Crippen molar-refractivity contribution >= 4 is 5.69 Å². The average molecular weight is 235 g/mol. The van der Waals surface area contributed by atoms with E-state index < -0.39 is 16.2 Å². The highest BCUT2D eigenvalue weighted by atomic mass is 16.6. The number of para-hydroxylation sites is 1. The normalized spacial score (nSPS) is 10.4. The average Bonchev–Trinajstić information content (AvgIpc) is 2.56. The number of hydrogen-bond acceptors (Lipinski definition) is 4. The zero-order valence-corrected chi connectivity index (χ0v) is 8.88. The van der Waals surface area contributed by atoms with Gasteiger partial charge in [0.1, 0.15) is 11.4 Å². The zero-order valence-electron chi connectivity index (χ0n) is 8.88. The molecule has 0 aliphatic heterocycles. The van der Waals surface area contributed by atoms with E-state index in [2.05, 4.69) is 5.10 Å². The number of aromatic nitrogens is 2. The Balaban J connectivity index is 2.77. The second-order valence-corrected chi connectivity index (χ2v) is 3.47. The molecule has 0 atom stereocenters. The maximum absolute atomic E-state index is 11.5. The molecular formula is C10H9N3O4. The quantitative estimate of drug-likeness (QED) is 0.598. The molecule has 0 spiro atoms. The van der Waals surface area contributed by atoms with Crippen LogP contribution in [0.25, 0.3) is 11.3 Å². The van der Waals surface area contributed by atoms with Gasteiger partial charge in [0.2, 0.25) is 0 Å². The summed E-state index contributed by atoms with van der Waals surface area (Å²) < 4.78 is 1.000. The Bertz CT molecular complexity index is 641. The van der Waals surface area contributed by atoms with Crippen molar-refractivity contribution in [3.05, 3.63) is 44.7 Å². The van der Waals surface area contributed by atoms with Crippen molar-refractivity contribution in [3.8, 4) is 17.0 Å². The van der Waals surface area contributed by atoms with Gasteiger partial charge in [-0.05, 0) is 12.1 Å². The van der Waals surface area contributed by atoms with E-state index in [1.54, 1.807) is 12.1 Å². The van der Waals surface area contributed by atoms with Gasteiger partial charge in [-0.2, -0.15) is 0 Å². The molecule has 0 amide bonds. The van der Waals surface area contributed by atoms with Crippen molar-refractivity contribution in [2.75, 3.05) is 0 Å². The Labute approximate surface area is 95.1 Å². The molecule has 1 aromatic carbocycles. The fraction of sp³-hybridized carbons (Fsp3) is 0.100. The van der Waals surface area contributed by atoms with Crippen LogP contribution < -0.4 is 5.56 Å². The Kier molecular flexibility index (Phi) is 2.43. The summed E-state index contributed by atoms with van der Waals surface area (Å²) >= 11 is 0. The van der Waals surface area contributed by atoms with E-state index in [9.17, 15) is 20.0 Å². The van der Waals surface area contributed by atoms with Crippen LogP contribution in [0.15, 0.2) is 29.1 Å². The van der Waals surface area contributed by atoms with Crippen molar-refractivity contribution < 1.29 is 10.0 Å². The van der Waals surface area contributed by atoms with E-state index in [-0.39, 0.29) is 17.0 Å². The second-order valence-electron chi connectivity index (χ2n) is 3.47. The summed E-state index contributed by atoms with van der Waals surface area (Å²) in [5, 5.41) is 23.0. The molecule has 0 bridgehead atoms. The largest absolute Gasteiger partial charge is 0.507 e. The molecule has 0 aliphatic rings. The predicted molar refractivity (Wildman–Crippen MR) is 59.8 cm³/mol. The Morgan fingerprint density at radius 3 is 2.65 bits per heavy atom. The van der Waals surface area contributed by atoms with Gasteiger partial charge < -0.3 is 5.11 Å². The van der Waals surface area contributed by atoms with Gasteiger partial charge in [0.15, 0.2) is 0 Å². The lowest BCUT2D eigenvalue weighted by Gasteiger charge is -2.00. The molecule has 17 heavy (non-hydrogen) atoms. The van der Waals surface area contributed by atoms with E-state index in [4.69, 9.17) is 0 Å². The molecule has 2 aromatic rings. The van der Waals surface area contributed by atoms with Crippen LogP contribution in [0.1, 0.15) is 0 Å². The molecule has 7 nitrogen and oxygen atoms in total. The molecule has 7 heteroatoms. The summed E-state index contributed by atoms with van der Waals surface area (Å²) in [6.45, 7) is 0. The number of benzene rings is 1. The van der Waals surface area contributed by atoms with Crippen LogP contribution >= 0.6 is 0 Å². The second kappa shape index (κ2) is 3.78. The number of aromatic amines is 1. The molecule has 0 saturated heterocycles. The first kappa shape index (κ1) is 10.9. The molecule has 0 radical (unpaired) electrons. The zero-order chi connectivity index (χ0) is 12.6. The molecule has 2 rings (SSSR count). The molecular weight excluding hydrogens is 226 g/mol. The van der Waals surface area contributed by atoms with Crippen LogP contribution in [0.2, 0.25) is 0 Å². The van der Waals surface area contributed by atoms with Gasteiger partial charge in [-0.25, -0.2) is 4.68 Å². The van der Waals surface area contributed by atoms with Crippen LogP contribution in [0.4, 0.5) is 5.69 Å². The number of nitro groups is 1. The maximum atomic E-state index is 11.5. The Hall–Kier alpha value is -2.57. The third-order valence-electron chi connectivity index (χ3n) is 2.38. The molecule has 1 heterocycles. The summed E-state index contributed by atoms with van der Waals surface area (Å²) in [5.74, 6) is -0.127. The molecule has 2 N–H and O–H groups in total. The van der Waals surface area contributed by atoms with Crippen LogP contribution in [-0.2, 0) is 7.05 Å². The lowest BCUT2D eigenvalue weighted by molar-refractivity contribution is -0.385. The maximum Gasteiger partial charge on any atom is 0.360 e. The molecule has 0 aliphatic carbocycles. The highest BCUT2D eigenvalue weighted by Crippen LogP contribution is 2.31. The van der Waals surface area contributed by atoms with E-state index >= 15 is 0 Å². The third-order valence-corrected chi connectivity index (χ3v) is 2.38. The van der Waals surface area contributed by atoms with Crippen molar-refractivity contribution in [2.24, 2.45) is 7.05 Å². The van der Waals surface area contributed by atoms with E-state index in [0.717, 1.165) is 4.68 Å². The number of aromatic hydroxyl groups is 1. The Morgan fingerprint density at radius 2 is 2.06 bits per heavy atom. The molecule has 0 unspecified atom stereocenters. The molecule has 88 valence electrons. The highest BCUT2D eigenvalue weighted by Gasteiger charge is 2.26. The molecule has 0 saturated carbocycles. The number of phenolic OH excluding ortho intramolecular Hbond substituents is 1. The van der Waals surface area contributed by atoms with Crippen molar-refractivity contribution in [2.45, 2.75) is 0 Å². The van der Waals surface area contributed by atoms with E-state index in [1.807, 2.05) is 0 Å². The number of nitrogens with one attached hydrogen (secondary N) is 1. The van der Waals surface area contributed by atoms with Gasteiger partial charge in [0.25, 0.3) is 0 Å². The first-order chi connectivity index (χ1) is 8.02. The van der Waals surface area contributed by atoms with Gasteiger partial charge in [-0.15, -0.1) is 0 Å². The Morgan fingerprint density at radius 1 is 1.41 bits per heavy atom. The van der Waals surface area contributed by atoms with Gasteiger partial charge in [0, 0.05) is 12.6 Å². The smallest absolute Gasteiger partial charge is 0.360 e. The monoisotopic (exact) mass is 235 g/mol. The lowest BCUT2D eigenvalue weighted by atomic mass is 10.1. The minimum atomic E-state index is -0.763. The standard InChI is InChI=1S/C10H9N3O4/c1-12-10(15)9(13(16)17)8(11-12)6-4-2-3-5-7(6)14/h2-5,11,14H,1H3. The summed E-state index contributed by atoms with van der Waals surface area (Å²) in [7, 11) is 1.37. The lowest BCUT2D eigenvalue weighted by Crippen LogP contribution is -2.14. The molecule has 0 fully saturated rings. The van der Waals surface area contributed by atoms with E-state index in [1.165, 1.54) is 19.2 Å². The number of H-pyrrole nitrogens is 1. The fourth-order valence-electron chi connectivity index (χ4n) is 1.58. The summed E-state index contributed by atoms with van der Waals surface area (Å²) in [6.07, 6.45) is 0. The number of aryl methyl sites for hydroxylation is 1. The number of hydrogen-bond donors (Lipinski definition) is 2. The van der Waals surface area contributed by atoms with Gasteiger partial charge in [-0.3, -0.25) is 20.0 Å². The number of phenols is 1. The molecule has 1 aromatic heterocycles. The topological polar surface area (TPSA) is 101 Å². The fourth-order valence-corrected chi connectivity index (χ4v) is 1.58. The van der Waals surface area contributed by atoms with Gasteiger partial charge in [0.05, 0.1) is 4.92 Å². The highest BCUT2D eigenvalue weighted by molar-refractivity contribution is 5.73. The summed E-state index contributed by atoms with van der Waals surface area (Å²) in [5.41, 5.74) is -1.10. The van der Waals surface area contributed by atoms with Gasteiger partial charge >= 0.3 is 11.2 Å². The number of rotatable bonds is 2. The van der Waals surface area contributed by atoms with E-state index in [0.29, 0.717) is 0 Å².